The third-order valence-electron chi connectivity index (χ3n) is 4.67. The van der Waals surface area contributed by atoms with E-state index in [4.69, 9.17) is 27.9 Å². The summed E-state index contributed by atoms with van der Waals surface area (Å²) in [5.74, 6) is -0.759. The molecule has 0 unspecified atom stereocenters. The molecule has 9 heteroatoms. The van der Waals surface area contributed by atoms with E-state index in [2.05, 4.69) is 10.2 Å². The predicted molar refractivity (Wildman–Crippen MR) is 113 cm³/mol. The standard InChI is InChI=1S/C21H15Cl2N3O4/c1-10(2)14-9-17(24-25-19(14)27)30-18-15(22)7-11(8-16(18)23)26-20(28)12-5-3-4-6-13(12)21(26)29/h3-10H,1-2H3,(H,25,27). The van der Waals surface area contributed by atoms with Crippen molar-refractivity contribution in [3.05, 3.63) is 79.6 Å². The number of ether oxygens (including phenoxy) is 1. The van der Waals surface area contributed by atoms with E-state index in [0.29, 0.717) is 16.7 Å². The van der Waals surface area contributed by atoms with Crippen LogP contribution in [0.25, 0.3) is 0 Å². The van der Waals surface area contributed by atoms with Gasteiger partial charge in [0.1, 0.15) is 0 Å². The Morgan fingerprint density at radius 2 is 1.53 bits per heavy atom. The highest BCUT2D eigenvalue weighted by Gasteiger charge is 2.37. The summed E-state index contributed by atoms with van der Waals surface area (Å²) in [6.45, 7) is 3.73. The van der Waals surface area contributed by atoms with Gasteiger partial charge >= 0.3 is 0 Å². The molecule has 1 aromatic heterocycles. The topological polar surface area (TPSA) is 92.4 Å². The van der Waals surface area contributed by atoms with Gasteiger partial charge in [-0.25, -0.2) is 10.00 Å². The minimum atomic E-state index is -0.458. The lowest BCUT2D eigenvalue weighted by atomic mass is 10.1. The van der Waals surface area contributed by atoms with Gasteiger partial charge in [-0.2, -0.15) is 0 Å². The molecule has 0 saturated carbocycles. The Labute approximate surface area is 181 Å². The van der Waals surface area contributed by atoms with E-state index in [1.165, 1.54) is 18.2 Å². The van der Waals surface area contributed by atoms with Crippen LogP contribution in [0.3, 0.4) is 0 Å². The average Bonchev–Trinajstić information content (AvgIpc) is 2.96. The van der Waals surface area contributed by atoms with E-state index in [0.717, 1.165) is 4.90 Å². The van der Waals surface area contributed by atoms with Crippen LogP contribution in [0.4, 0.5) is 5.69 Å². The van der Waals surface area contributed by atoms with Gasteiger partial charge in [0.05, 0.1) is 26.9 Å². The summed E-state index contributed by atoms with van der Waals surface area (Å²) in [6, 6.07) is 10.9. The zero-order valence-electron chi connectivity index (χ0n) is 15.9. The van der Waals surface area contributed by atoms with Crippen molar-refractivity contribution in [2.24, 2.45) is 0 Å². The second kappa shape index (κ2) is 7.59. The van der Waals surface area contributed by atoms with Crippen molar-refractivity contribution in [3.8, 4) is 11.6 Å². The molecule has 0 spiro atoms. The minimum absolute atomic E-state index is 0.0405. The maximum atomic E-state index is 12.7. The lowest BCUT2D eigenvalue weighted by molar-refractivity contribution is 0.0926. The fourth-order valence-electron chi connectivity index (χ4n) is 3.18. The second-order valence-electron chi connectivity index (χ2n) is 6.98. The van der Waals surface area contributed by atoms with Gasteiger partial charge in [-0.3, -0.25) is 14.4 Å². The number of nitrogens with one attached hydrogen (secondary N) is 1. The van der Waals surface area contributed by atoms with Gasteiger partial charge < -0.3 is 4.74 Å². The monoisotopic (exact) mass is 443 g/mol. The Bertz CT molecular complexity index is 1190. The molecule has 2 heterocycles. The molecule has 7 nitrogen and oxygen atoms in total. The first-order valence-corrected chi connectivity index (χ1v) is 9.78. The van der Waals surface area contributed by atoms with Gasteiger partial charge in [-0.1, -0.05) is 49.2 Å². The molecule has 3 aromatic rings. The van der Waals surface area contributed by atoms with E-state index in [1.807, 2.05) is 13.8 Å². The number of aromatic nitrogens is 2. The summed E-state index contributed by atoms with van der Waals surface area (Å²) in [5, 5.41) is 6.38. The van der Waals surface area contributed by atoms with Gasteiger partial charge in [-0.15, -0.1) is 5.10 Å². The highest BCUT2D eigenvalue weighted by molar-refractivity contribution is 6.39. The molecule has 2 aromatic carbocycles. The number of rotatable bonds is 4. The van der Waals surface area contributed by atoms with E-state index in [9.17, 15) is 14.4 Å². The summed E-state index contributed by atoms with van der Waals surface area (Å²) in [4.78, 5) is 38.2. The number of anilines is 1. The van der Waals surface area contributed by atoms with Crippen molar-refractivity contribution in [3.63, 3.8) is 0 Å². The van der Waals surface area contributed by atoms with E-state index < -0.39 is 11.8 Å². The zero-order chi connectivity index (χ0) is 21.6. The minimum Gasteiger partial charge on any atom is -0.434 e. The first-order chi connectivity index (χ1) is 14.3. The fourth-order valence-corrected chi connectivity index (χ4v) is 3.74. The summed E-state index contributed by atoms with van der Waals surface area (Å²) in [7, 11) is 0. The normalized spacial score (nSPS) is 13.2. The van der Waals surface area contributed by atoms with Gasteiger partial charge in [0.2, 0.25) is 5.88 Å². The number of aromatic amines is 1. The number of hydrogen-bond donors (Lipinski definition) is 1. The van der Waals surface area contributed by atoms with Crippen LogP contribution in [-0.2, 0) is 0 Å². The van der Waals surface area contributed by atoms with E-state index in [1.54, 1.807) is 24.3 Å². The average molecular weight is 444 g/mol. The molecule has 4 rings (SSSR count). The number of halogens is 2. The van der Waals surface area contributed by atoms with Gasteiger partial charge in [0.15, 0.2) is 5.75 Å². The van der Waals surface area contributed by atoms with Crippen LogP contribution < -0.4 is 15.2 Å². The number of carbonyl (C=O) groups excluding carboxylic acids is 2. The highest BCUT2D eigenvalue weighted by atomic mass is 35.5. The summed E-state index contributed by atoms with van der Waals surface area (Å²) in [5.41, 5.74) is 1.04. The number of nitrogens with zero attached hydrogens (tertiary/aromatic N) is 2. The molecule has 1 aliphatic rings. The molecule has 0 aliphatic carbocycles. The highest BCUT2D eigenvalue weighted by Crippen LogP contribution is 2.41. The van der Waals surface area contributed by atoms with Crippen molar-refractivity contribution >= 4 is 40.7 Å². The van der Waals surface area contributed by atoms with Gasteiger partial charge in [-0.05, 0) is 30.2 Å². The van der Waals surface area contributed by atoms with E-state index >= 15 is 0 Å². The molecule has 0 bridgehead atoms. The quantitative estimate of drug-likeness (QED) is 0.584. The Morgan fingerprint density at radius 1 is 0.967 bits per heavy atom. The van der Waals surface area contributed by atoms with Crippen LogP contribution in [0.5, 0.6) is 11.6 Å². The molecule has 152 valence electrons. The number of amides is 2. The third kappa shape index (κ3) is 3.36. The van der Waals surface area contributed by atoms with Crippen molar-refractivity contribution < 1.29 is 14.3 Å². The molecule has 0 radical (unpaired) electrons. The van der Waals surface area contributed by atoms with Crippen LogP contribution in [0, 0.1) is 0 Å². The van der Waals surface area contributed by atoms with Crippen molar-refractivity contribution in [1.29, 1.82) is 0 Å². The maximum Gasteiger partial charge on any atom is 0.267 e. The number of fused-ring (bicyclic) bond motifs is 1. The van der Waals surface area contributed by atoms with Gasteiger partial charge in [0, 0.05) is 11.6 Å². The molecule has 30 heavy (non-hydrogen) atoms. The molecular weight excluding hydrogens is 429 g/mol. The molecule has 2 amide bonds. The van der Waals surface area contributed by atoms with E-state index in [-0.39, 0.29) is 38.8 Å². The smallest absolute Gasteiger partial charge is 0.267 e. The lowest BCUT2D eigenvalue weighted by Crippen LogP contribution is -2.29. The Kier molecular flexibility index (Phi) is 5.09. The van der Waals surface area contributed by atoms with Gasteiger partial charge in [0.25, 0.3) is 17.4 Å². The number of hydrogen-bond acceptors (Lipinski definition) is 5. The molecule has 0 fully saturated rings. The second-order valence-corrected chi connectivity index (χ2v) is 7.79. The number of benzene rings is 2. The Balaban J connectivity index is 1.69. The number of carbonyl (C=O) groups is 2. The maximum absolute atomic E-state index is 12.7. The number of H-pyrrole nitrogens is 1. The first kappa shape index (κ1) is 20.1. The largest absolute Gasteiger partial charge is 0.434 e. The van der Waals surface area contributed by atoms with Crippen LogP contribution in [0.1, 0.15) is 46.0 Å². The first-order valence-electron chi connectivity index (χ1n) is 9.02. The van der Waals surface area contributed by atoms with Crippen molar-refractivity contribution in [1.82, 2.24) is 10.2 Å². The summed E-state index contributed by atoms with van der Waals surface area (Å²) in [6.07, 6.45) is 0. The molecular formula is C21H15Cl2N3O4. The number of imide groups is 1. The summed E-state index contributed by atoms with van der Waals surface area (Å²) >= 11 is 12.7. The molecule has 1 N–H and O–H groups in total. The van der Waals surface area contributed by atoms with Crippen LogP contribution in [0.2, 0.25) is 10.0 Å². The fraction of sp³-hybridized carbons (Fsp3) is 0.143. The predicted octanol–water partition coefficient (Wildman–Crippen LogP) is 4.79. The Hall–Kier alpha value is -3.16. The van der Waals surface area contributed by atoms with Crippen molar-refractivity contribution in [2.75, 3.05) is 4.90 Å². The van der Waals surface area contributed by atoms with Crippen LogP contribution in [0.15, 0.2) is 47.3 Å². The van der Waals surface area contributed by atoms with Crippen LogP contribution >= 0.6 is 23.2 Å². The summed E-state index contributed by atoms with van der Waals surface area (Å²) < 4.78 is 5.69. The van der Waals surface area contributed by atoms with Crippen molar-refractivity contribution in [2.45, 2.75) is 19.8 Å². The third-order valence-corrected chi connectivity index (χ3v) is 5.23. The molecule has 0 atom stereocenters. The van der Waals surface area contributed by atoms with Crippen LogP contribution in [-0.4, -0.2) is 22.0 Å². The lowest BCUT2D eigenvalue weighted by Gasteiger charge is -2.17. The zero-order valence-corrected chi connectivity index (χ0v) is 17.4. The SMILES string of the molecule is CC(C)c1cc(Oc2c(Cl)cc(N3C(=O)c4ccccc4C3=O)cc2Cl)n[nH]c1=O. The molecule has 0 saturated heterocycles. The Morgan fingerprint density at radius 3 is 2.07 bits per heavy atom. The molecule has 1 aliphatic heterocycles.